The molecular weight excluding hydrogens is 375 g/mol. The second-order valence-corrected chi connectivity index (χ2v) is 7.58. The first-order valence-electron chi connectivity index (χ1n) is 9.66. The molecule has 2 N–H and O–H groups in total. The summed E-state index contributed by atoms with van der Waals surface area (Å²) in [6.45, 7) is 1.95. The minimum atomic E-state index is -0.363. The summed E-state index contributed by atoms with van der Waals surface area (Å²) in [5.74, 6) is -0.819. The second kappa shape index (κ2) is 8.16. The third-order valence-electron chi connectivity index (χ3n) is 5.76. The average Bonchev–Trinajstić information content (AvgIpc) is 3.10. The molecule has 0 unspecified atom stereocenters. The number of carbonyl (C=O) groups excluding carboxylic acids is 2. The lowest BCUT2D eigenvalue weighted by molar-refractivity contribution is -0.124. The summed E-state index contributed by atoms with van der Waals surface area (Å²) in [5.41, 5.74) is 0.833. The van der Waals surface area contributed by atoms with Crippen molar-refractivity contribution in [3.8, 4) is 0 Å². The molecule has 2 aromatic rings. The van der Waals surface area contributed by atoms with E-state index < -0.39 is 0 Å². The van der Waals surface area contributed by atoms with Crippen LogP contribution in [0, 0.1) is 17.2 Å². The van der Waals surface area contributed by atoms with Gasteiger partial charge in [-0.05, 0) is 49.2 Å². The molecule has 2 aliphatic heterocycles. The molecular formula is C21H23FN4O3. The first-order valence-corrected chi connectivity index (χ1v) is 9.66. The van der Waals surface area contributed by atoms with Gasteiger partial charge in [0.05, 0.1) is 17.8 Å². The van der Waals surface area contributed by atoms with Crippen molar-refractivity contribution in [2.24, 2.45) is 11.3 Å². The standard InChI is InChI=1S/C21H23FN4O3/c22-15-3-5-16(6-4-15)25-20(28)26-13-18(21(14-26)7-10-29-11-8-21)19(27)24-17-2-1-9-23-12-17/h1-6,9,12,18H,7-8,10-11,13-14H2,(H,24,27)(H,25,28)/t18-/m1/s1. The number of likely N-dealkylation sites (tertiary alicyclic amines) is 1. The van der Waals surface area contributed by atoms with E-state index in [1.807, 2.05) is 0 Å². The Balaban J connectivity index is 1.50. The monoisotopic (exact) mass is 398 g/mol. The van der Waals surface area contributed by atoms with Gasteiger partial charge in [-0.15, -0.1) is 0 Å². The molecule has 2 fully saturated rings. The van der Waals surface area contributed by atoms with Gasteiger partial charge in [0.15, 0.2) is 0 Å². The molecule has 2 saturated heterocycles. The van der Waals surface area contributed by atoms with Gasteiger partial charge in [0, 0.05) is 43.6 Å². The maximum Gasteiger partial charge on any atom is 0.321 e. The summed E-state index contributed by atoms with van der Waals surface area (Å²) in [7, 11) is 0. The van der Waals surface area contributed by atoms with Crippen molar-refractivity contribution in [1.82, 2.24) is 9.88 Å². The molecule has 8 heteroatoms. The Morgan fingerprint density at radius 3 is 2.55 bits per heavy atom. The topological polar surface area (TPSA) is 83.6 Å². The molecule has 1 aromatic heterocycles. The fourth-order valence-electron chi connectivity index (χ4n) is 4.17. The lowest BCUT2D eigenvalue weighted by Crippen LogP contribution is -2.42. The Bertz CT molecular complexity index is 869. The van der Waals surface area contributed by atoms with Crippen molar-refractivity contribution in [2.45, 2.75) is 12.8 Å². The molecule has 152 valence electrons. The van der Waals surface area contributed by atoms with Gasteiger partial charge >= 0.3 is 6.03 Å². The van der Waals surface area contributed by atoms with Crippen molar-refractivity contribution in [3.63, 3.8) is 0 Å². The van der Waals surface area contributed by atoms with Crippen LogP contribution < -0.4 is 10.6 Å². The highest BCUT2D eigenvalue weighted by atomic mass is 19.1. The van der Waals surface area contributed by atoms with E-state index in [4.69, 9.17) is 4.74 Å². The number of aromatic nitrogens is 1. The first-order chi connectivity index (χ1) is 14.1. The number of rotatable bonds is 3. The molecule has 29 heavy (non-hydrogen) atoms. The molecule has 0 bridgehead atoms. The van der Waals surface area contributed by atoms with Gasteiger partial charge < -0.3 is 20.3 Å². The van der Waals surface area contributed by atoms with Crippen molar-refractivity contribution in [2.75, 3.05) is 36.9 Å². The molecule has 4 rings (SSSR count). The number of halogens is 1. The number of hydrogen-bond acceptors (Lipinski definition) is 4. The summed E-state index contributed by atoms with van der Waals surface area (Å²) < 4.78 is 18.6. The zero-order valence-electron chi connectivity index (χ0n) is 15.9. The van der Waals surface area contributed by atoms with Crippen molar-refractivity contribution in [1.29, 1.82) is 0 Å². The van der Waals surface area contributed by atoms with Gasteiger partial charge in [0.25, 0.3) is 0 Å². The number of ether oxygens (including phenoxy) is 1. The Morgan fingerprint density at radius 2 is 1.86 bits per heavy atom. The molecule has 0 aliphatic carbocycles. The fraction of sp³-hybridized carbons (Fsp3) is 0.381. The van der Waals surface area contributed by atoms with Crippen LogP contribution in [0.5, 0.6) is 0 Å². The third kappa shape index (κ3) is 4.22. The summed E-state index contributed by atoms with van der Waals surface area (Å²) in [6, 6.07) is 8.87. The van der Waals surface area contributed by atoms with Crippen LogP contribution in [0.4, 0.5) is 20.6 Å². The molecule has 0 saturated carbocycles. The second-order valence-electron chi connectivity index (χ2n) is 7.58. The Labute approximate surface area is 168 Å². The van der Waals surface area contributed by atoms with E-state index >= 15 is 0 Å². The lowest BCUT2D eigenvalue weighted by atomic mass is 9.71. The third-order valence-corrected chi connectivity index (χ3v) is 5.76. The van der Waals surface area contributed by atoms with Crippen molar-refractivity contribution < 1.29 is 18.7 Å². The minimum Gasteiger partial charge on any atom is -0.381 e. The maximum absolute atomic E-state index is 13.1. The number of nitrogens with zero attached hydrogens (tertiary/aromatic N) is 2. The predicted octanol–water partition coefficient (Wildman–Crippen LogP) is 3.12. The zero-order valence-corrected chi connectivity index (χ0v) is 15.9. The summed E-state index contributed by atoms with van der Waals surface area (Å²) in [5, 5.41) is 5.72. The highest BCUT2D eigenvalue weighted by Crippen LogP contribution is 2.45. The van der Waals surface area contributed by atoms with Gasteiger partial charge in [0.1, 0.15) is 5.82 Å². The number of anilines is 2. The lowest BCUT2D eigenvalue weighted by Gasteiger charge is -2.37. The maximum atomic E-state index is 13.1. The van der Waals surface area contributed by atoms with E-state index in [0.717, 1.165) is 12.8 Å². The normalized spacial score (nSPS) is 20.4. The first kappa shape index (κ1) is 19.3. The number of pyridine rings is 1. The van der Waals surface area contributed by atoms with Crippen molar-refractivity contribution in [3.05, 3.63) is 54.6 Å². The van der Waals surface area contributed by atoms with E-state index in [-0.39, 0.29) is 29.1 Å². The van der Waals surface area contributed by atoms with Crippen LogP contribution in [0.2, 0.25) is 0 Å². The molecule has 1 atom stereocenters. The number of hydrogen-bond donors (Lipinski definition) is 2. The molecule has 3 amide bonds. The van der Waals surface area contributed by atoms with Crippen LogP contribution in [-0.2, 0) is 9.53 Å². The molecule has 1 aromatic carbocycles. The average molecular weight is 398 g/mol. The van der Waals surface area contributed by atoms with E-state index in [1.54, 1.807) is 29.4 Å². The predicted molar refractivity (Wildman–Crippen MR) is 106 cm³/mol. The van der Waals surface area contributed by atoms with Gasteiger partial charge in [-0.1, -0.05) is 0 Å². The van der Waals surface area contributed by atoms with Crippen LogP contribution in [-0.4, -0.2) is 48.1 Å². The number of carbonyl (C=O) groups is 2. The van der Waals surface area contributed by atoms with Gasteiger partial charge in [0.2, 0.25) is 5.91 Å². The van der Waals surface area contributed by atoms with Gasteiger partial charge in [-0.2, -0.15) is 0 Å². The fourth-order valence-corrected chi connectivity index (χ4v) is 4.17. The van der Waals surface area contributed by atoms with E-state index in [2.05, 4.69) is 15.6 Å². The van der Waals surface area contributed by atoms with Crippen LogP contribution >= 0.6 is 0 Å². The smallest absolute Gasteiger partial charge is 0.321 e. The summed E-state index contributed by atoms with van der Waals surface area (Å²) in [6.07, 6.45) is 4.69. The van der Waals surface area contributed by atoms with E-state index in [9.17, 15) is 14.0 Å². The van der Waals surface area contributed by atoms with E-state index in [0.29, 0.717) is 37.7 Å². The van der Waals surface area contributed by atoms with Crippen molar-refractivity contribution >= 4 is 23.3 Å². The molecule has 3 heterocycles. The number of urea groups is 1. The molecule has 7 nitrogen and oxygen atoms in total. The largest absolute Gasteiger partial charge is 0.381 e. The molecule has 0 radical (unpaired) electrons. The number of nitrogens with one attached hydrogen (secondary N) is 2. The minimum absolute atomic E-state index is 0.114. The van der Waals surface area contributed by atoms with Crippen LogP contribution in [0.15, 0.2) is 48.8 Å². The van der Waals surface area contributed by atoms with Gasteiger partial charge in [-0.3, -0.25) is 9.78 Å². The Hall–Kier alpha value is -3.00. The quantitative estimate of drug-likeness (QED) is 0.832. The SMILES string of the molecule is O=C(Nc1cccnc1)[C@H]1CN(C(=O)Nc2ccc(F)cc2)CC12CCOCC2. The summed E-state index contributed by atoms with van der Waals surface area (Å²) >= 11 is 0. The zero-order chi connectivity index (χ0) is 20.3. The number of amides is 3. The highest BCUT2D eigenvalue weighted by molar-refractivity contribution is 5.95. The van der Waals surface area contributed by atoms with Crippen LogP contribution in [0.25, 0.3) is 0 Å². The Morgan fingerprint density at radius 1 is 1.10 bits per heavy atom. The van der Waals surface area contributed by atoms with Crippen LogP contribution in [0.3, 0.4) is 0 Å². The molecule has 1 spiro atoms. The number of benzene rings is 1. The van der Waals surface area contributed by atoms with Gasteiger partial charge in [-0.25, -0.2) is 9.18 Å². The van der Waals surface area contributed by atoms with Crippen LogP contribution in [0.1, 0.15) is 12.8 Å². The van der Waals surface area contributed by atoms with E-state index in [1.165, 1.54) is 24.3 Å². The molecule has 2 aliphatic rings. The highest BCUT2D eigenvalue weighted by Gasteiger charge is 2.51. The Kier molecular flexibility index (Phi) is 5.44. The summed E-state index contributed by atoms with van der Waals surface area (Å²) in [4.78, 5) is 31.6.